The molecule has 1 aromatic carbocycles. The highest BCUT2D eigenvalue weighted by Gasteiger charge is 2.15. The standard InChI is InChI=1S/C11H12N4O3/c1-7-2-3-8(6-9(7)15(16)17)11-14-13-10(18-11)4-5-12/h2-3,6H,4-5,12H2,1H3. The summed E-state index contributed by atoms with van der Waals surface area (Å²) < 4.78 is 5.36. The Bertz CT molecular complexity index is 579. The first-order valence-electron chi connectivity index (χ1n) is 5.39. The zero-order valence-corrected chi connectivity index (χ0v) is 9.79. The summed E-state index contributed by atoms with van der Waals surface area (Å²) in [7, 11) is 0. The summed E-state index contributed by atoms with van der Waals surface area (Å²) in [5.74, 6) is 0.692. The van der Waals surface area contributed by atoms with Crippen molar-refractivity contribution in [1.82, 2.24) is 10.2 Å². The van der Waals surface area contributed by atoms with Gasteiger partial charge < -0.3 is 10.2 Å². The second-order valence-corrected chi connectivity index (χ2v) is 3.80. The van der Waals surface area contributed by atoms with Crippen LogP contribution in [0.5, 0.6) is 0 Å². The molecule has 94 valence electrons. The second kappa shape index (κ2) is 4.92. The molecule has 2 aromatic rings. The van der Waals surface area contributed by atoms with Gasteiger partial charge in [0.2, 0.25) is 11.8 Å². The number of aryl methyl sites for hydroxylation is 1. The SMILES string of the molecule is Cc1ccc(-c2nnc(CCN)o2)cc1[N+](=O)[O-]. The first-order valence-corrected chi connectivity index (χ1v) is 5.39. The van der Waals surface area contributed by atoms with Crippen LogP contribution in [0.3, 0.4) is 0 Å². The molecule has 0 saturated heterocycles. The lowest BCUT2D eigenvalue weighted by atomic mass is 10.1. The summed E-state index contributed by atoms with van der Waals surface area (Å²) >= 11 is 0. The van der Waals surface area contributed by atoms with Gasteiger partial charge in [-0.05, 0) is 13.0 Å². The molecule has 7 heteroatoms. The Morgan fingerprint density at radius 2 is 2.22 bits per heavy atom. The Balaban J connectivity index is 2.38. The summed E-state index contributed by atoms with van der Waals surface area (Å²) in [6, 6.07) is 4.79. The van der Waals surface area contributed by atoms with Crippen LogP contribution in [0.25, 0.3) is 11.5 Å². The third-order valence-electron chi connectivity index (χ3n) is 2.48. The average Bonchev–Trinajstić information content (AvgIpc) is 2.78. The molecule has 0 spiro atoms. The Morgan fingerprint density at radius 3 is 2.89 bits per heavy atom. The van der Waals surface area contributed by atoms with Gasteiger partial charge in [0.15, 0.2) is 0 Å². The maximum Gasteiger partial charge on any atom is 0.273 e. The first kappa shape index (κ1) is 12.2. The third-order valence-corrected chi connectivity index (χ3v) is 2.48. The molecule has 0 saturated carbocycles. The molecule has 0 bridgehead atoms. The van der Waals surface area contributed by atoms with Crippen LogP contribution in [0.2, 0.25) is 0 Å². The van der Waals surface area contributed by atoms with Gasteiger partial charge in [0, 0.05) is 30.2 Å². The van der Waals surface area contributed by atoms with Crippen molar-refractivity contribution >= 4 is 5.69 Å². The number of hydrogen-bond donors (Lipinski definition) is 1. The third kappa shape index (κ3) is 2.35. The van der Waals surface area contributed by atoms with Gasteiger partial charge in [0.25, 0.3) is 5.69 Å². The van der Waals surface area contributed by atoms with Crippen LogP contribution < -0.4 is 5.73 Å². The highest BCUT2D eigenvalue weighted by atomic mass is 16.6. The number of nitro groups is 1. The van der Waals surface area contributed by atoms with Gasteiger partial charge in [0.1, 0.15) is 0 Å². The fourth-order valence-corrected chi connectivity index (χ4v) is 1.53. The maximum absolute atomic E-state index is 10.8. The molecule has 0 aliphatic heterocycles. The molecule has 0 atom stereocenters. The lowest BCUT2D eigenvalue weighted by Gasteiger charge is -1.98. The van der Waals surface area contributed by atoms with Gasteiger partial charge in [-0.2, -0.15) is 0 Å². The largest absolute Gasteiger partial charge is 0.421 e. The van der Waals surface area contributed by atoms with Crippen LogP contribution in [0.15, 0.2) is 22.6 Å². The van der Waals surface area contributed by atoms with Crippen LogP contribution in [0.4, 0.5) is 5.69 Å². The minimum absolute atomic E-state index is 0.0334. The summed E-state index contributed by atoms with van der Waals surface area (Å²) in [6.07, 6.45) is 0.487. The molecule has 7 nitrogen and oxygen atoms in total. The highest BCUT2D eigenvalue weighted by molar-refractivity contribution is 5.59. The Kier molecular flexibility index (Phi) is 3.33. The monoisotopic (exact) mass is 248 g/mol. The molecule has 0 fully saturated rings. The molecule has 0 unspecified atom stereocenters. The number of aromatic nitrogens is 2. The summed E-state index contributed by atoms with van der Waals surface area (Å²) in [6.45, 7) is 2.09. The smallest absolute Gasteiger partial charge is 0.273 e. The van der Waals surface area contributed by atoms with E-state index in [9.17, 15) is 10.1 Å². The van der Waals surface area contributed by atoms with Crippen LogP contribution in [0, 0.1) is 17.0 Å². The molecular weight excluding hydrogens is 236 g/mol. The van der Waals surface area contributed by atoms with Gasteiger partial charge in [-0.15, -0.1) is 10.2 Å². The van der Waals surface area contributed by atoms with Crippen molar-refractivity contribution in [3.05, 3.63) is 39.8 Å². The first-order chi connectivity index (χ1) is 8.61. The Hall–Kier alpha value is -2.28. The summed E-state index contributed by atoms with van der Waals surface area (Å²) in [5, 5.41) is 18.5. The van der Waals surface area contributed by atoms with E-state index in [2.05, 4.69) is 10.2 Å². The minimum atomic E-state index is -0.435. The lowest BCUT2D eigenvalue weighted by molar-refractivity contribution is -0.385. The van der Waals surface area contributed by atoms with E-state index in [1.165, 1.54) is 6.07 Å². The number of nitro benzene ring substituents is 1. The van der Waals surface area contributed by atoms with Crippen LogP contribution in [-0.2, 0) is 6.42 Å². The van der Waals surface area contributed by atoms with E-state index in [1.807, 2.05) is 0 Å². The fourth-order valence-electron chi connectivity index (χ4n) is 1.53. The van der Waals surface area contributed by atoms with Crippen LogP contribution in [-0.4, -0.2) is 21.7 Å². The highest BCUT2D eigenvalue weighted by Crippen LogP contribution is 2.25. The lowest BCUT2D eigenvalue weighted by Crippen LogP contribution is -2.02. The van der Waals surface area contributed by atoms with E-state index >= 15 is 0 Å². The zero-order valence-electron chi connectivity index (χ0n) is 9.79. The molecule has 0 radical (unpaired) electrons. The average molecular weight is 248 g/mol. The fraction of sp³-hybridized carbons (Fsp3) is 0.273. The quantitative estimate of drug-likeness (QED) is 0.648. The molecule has 2 N–H and O–H groups in total. The maximum atomic E-state index is 10.8. The second-order valence-electron chi connectivity index (χ2n) is 3.80. The molecule has 1 heterocycles. The summed E-state index contributed by atoms with van der Waals surface area (Å²) in [4.78, 5) is 10.4. The Morgan fingerprint density at radius 1 is 1.44 bits per heavy atom. The number of benzene rings is 1. The number of nitrogens with zero attached hydrogens (tertiary/aromatic N) is 3. The zero-order chi connectivity index (χ0) is 13.1. The summed E-state index contributed by atoms with van der Waals surface area (Å²) in [5.41, 5.74) is 6.53. The predicted molar refractivity (Wildman–Crippen MR) is 63.9 cm³/mol. The van der Waals surface area contributed by atoms with E-state index in [0.717, 1.165) is 0 Å². The van der Waals surface area contributed by atoms with E-state index in [4.69, 9.17) is 10.2 Å². The molecule has 0 aliphatic carbocycles. The van der Waals surface area contributed by atoms with Crippen molar-refractivity contribution in [1.29, 1.82) is 0 Å². The molecule has 0 amide bonds. The van der Waals surface area contributed by atoms with E-state index in [-0.39, 0.29) is 11.6 Å². The van der Waals surface area contributed by atoms with E-state index in [0.29, 0.717) is 30.0 Å². The van der Waals surface area contributed by atoms with Gasteiger partial charge in [-0.25, -0.2) is 0 Å². The van der Waals surface area contributed by atoms with Crippen molar-refractivity contribution < 1.29 is 9.34 Å². The number of rotatable bonds is 4. The van der Waals surface area contributed by atoms with Crippen LogP contribution in [0.1, 0.15) is 11.5 Å². The van der Waals surface area contributed by atoms with Gasteiger partial charge >= 0.3 is 0 Å². The number of nitrogens with two attached hydrogens (primary N) is 1. The minimum Gasteiger partial charge on any atom is -0.421 e. The van der Waals surface area contributed by atoms with Crippen molar-refractivity contribution in [2.45, 2.75) is 13.3 Å². The van der Waals surface area contributed by atoms with Crippen molar-refractivity contribution in [3.63, 3.8) is 0 Å². The van der Waals surface area contributed by atoms with Gasteiger partial charge in [-0.1, -0.05) is 6.07 Å². The number of hydrogen-bond acceptors (Lipinski definition) is 6. The van der Waals surface area contributed by atoms with E-state index < -0.39 is 4.92 Å². The van der Waals surface area contributed by atoms with Crippen molar-refractivity contribution in [3.8, 4) is 11.5 Å². The molecule has 18 heavy (non-hydrogen) atoms. The topological polar surface area (TPSA) is 108 Å². The van der Waals surface area contributed by atoms with Crippen molar-refractivity contribution in [2.75, 3.05) is 6.54 Å². The Labute approximate surface area is 103 Å². The normalized spacial score (nSPS) is 10.6. The predicted octanol–water partition coefficient (Wildman–Crippen LogP) is 1.45. The molecule has 1 aromatic heterocycles. The van der Waals surface area contributed by atoms with Gasteiger partial charge in [-0.3, -0.25) is 10.1 Å². The van der Waals surface area contributed by atoms with Crippen LogP contribution >= 0.6 is 0 Å². The molecular formula is C11H12N4O3. The van der Waals surface area contributed by atoms with Gasteiger partial charge in [0.05, 0.1) is 4.92 Å². The van der Waals surface area contributed by atoms with E-state index in [1.54, 1.807) is 19.1 Å². The molecule has 2 rings (SSSR count). The van der Waals surface area contributed by atoms with Crippen molar-refractivity contribution in [2.24, 2.45) is 5.73 Å². The molecule has 0 aliphatic rings.